The molecule has 0 aromatic carbocycles. The van der Waals surface area contributed by atoms with E-state index in [4.69, 9.17) is 24.3 Å². The van der Waals surface area contributed by atoms with Crippen molar-refractivity contribution in [1.29, 1.82) is 0 Å². The van der Waals surface area contributed by atoms with Crippen LogP contribution in [-0.2, 0) is 32.7 Å². The van der Waals surface area contributed by atoms with Gasteiger partial charge in [0.2, 0.25) is 0 Å². The second-order valence-corrected chi connectivity index (χ2v) is 12.1. The van der Waals surface area contributed by atoms with E-state index in [1.165, 1.54) is 51.4 Å². The van der Waals surface area contributed by atoms with Crippen LogP contribution in [0.3, 0.4) is 0 Å². The van der Waals surface area contributed by atoms with E-state index >= 15 is 0 Å². The highest BCUT2D eigenvalue weighted by Gasteiger charge is 2.25. The summed E-state index contributed by atoms with van der Waals surface area (Å²) in [6.45, 7) is 3.63. The fourth-order valence-electron chi connectivity index (χ4n) is 4.21. The van der Waals surface area contributed by atoms with Gasteiger partial charge < -0.3 is 20.1 Å². The smallest absolute Gasteiger partial charge is 0.462 e. The van der Waals surface area contributed by atoms with Gasteiger partial charge >= 0.3 is 19.8 Å². The average molecular weight is 606 g/mol. The summed E-state index contributed by atoms with van der Waals surface area (Å²) in [5.41, 5.74) is 5.30. The van der Waals surface area contributed by atoms with Gasteiger partial charge in [-0.25, -0.2) is 4.57 Å². The lowest BCUT2D eigenvalue weighted by molar-refractivity contribution is -0.161. The number of ether oxygens (including phenoxy) is 2. The van der Waals surface area contributed by atoms with Crippen LogP contribution >= 0.6 is 7.82 Å². The molecule has 0 amide bonds. The molecule has 9 nitrogen and oxygen atoms in total. The summed E-state index contributed by atoms with van der Waals surface area (Å²) in [6, 6.07) is 0. The molecule has 10 heteroatoms. The highest BCUT2D eigenvalue weighted by molar-refractivity contribution is 7.47. The van der Waals surface area contributed by atoms with Crippen molar-refractivity contribution in [3.63, 3.8) is 0 Å². The molecule has 0 spiro atoms. The molecule has 0 fully saturated rings. The fraction of sp³-hybridized carbons (Fsp3) is 0.871. The lowest BCUT2D eigenvalue weighted by atomic mass is 10.1. The van der Waals surface area contributed by atoms with E-state index in [1.807, 2.05) is 0 Å². The van der Waals surface area contributed by atoms with Gasteiger partial charge in [0.25, 0.3) is 0 Å². The fourth-order valence-corrected chi connectivity index (χ4v) is 4.98. The molecule has 2 atom stereocenters. The first-order chi connectivity index (χ1) is 19.8. The summed E-state index contributed by atoms with van der Waals surface area (Å²) in [7, 11) is -4.36. The van der Waals surface area contributed by atoms with Gasteiger partial charge in [0.05, 0.1) is 13.2 Å². The van der Waals surface area contributed by atoms with E-state index in [0.29, 0.717) is 6.42 Å². The number of esters is 2. The Labute approximate surface area is 249 Å². The van der Waals surface area contributed by atoms with Crippen LogP contribution in [0.1, 0.15) is 142 Å². The van der Waals surface area contributed by atoms with Crippen LogP contribution in [0.5, 0.6) is 0 Å². The van der Waals surface area contributed by atoms with E-state index in [9.17, 15) is 19.0 Å². The number of hydrogen-bond acceptors (Lipinski definition) is 8. The summed E-state index contributed by atoms with van der Waals surface area (Å²) in [5.74, 6) is -0.845. The van der Waals surface area contributed by atoms with Gasteiger partial charge in [0.15, 0.2) is 6.10 Å². The van der Waals surface area contributed by atoms with Crippen molar-refractivity contribution in [3.8, 4) is 0 Å². The number of rotatable bonds is 30. The first kappa shape index (κ1) is 39.8. The van der Waals surface area contributed by atoms with Crippen molar-refractivity contribution in [2.45, 2.75) is 148 Å². The Bertz CT molecular complexity index is 704. The summed E-state index contributed by atoms with van der Waals surface area (Å²) in [6.07, 6.45) is 24.0. The third kappa shape index (κ3) is 28.6. The maximum Gasteiger partial charge on any atom is 0.472 e. The SMILES string of the molecule is CCCCC/C=C/CCCCCCCC(=O)O[C@H](COC(=O)CCCCCCCCCC)COP(=O)(O)OCCN. The Morgan fingerprint density at radius 2 is 1.20 bits per heavy atom. The summed E-state index contributed by atoms with van der Waals surface area (Å²) >= 11 is 0. The average Bonchev–Trinajstić information content (AvgIpc) is 2.95. The van der Waals surface area contributed by atoms with E-state index in [-0.39, 0.29) is 38.6 Å². The molecular weight excluding hydrogens is 545 g/mol. The quantitative estimate of drug-likeness (QED) is 0.0362. The number of hydrogen-bond donors (Lipinski definition) is 2. The van der Waals surface area contributed by atoms with Crippen LogP contribution in [0, 0.1) is 0 Å². The van der Waals surface area contributed by atoms with Gasteiger partial charge in [0, 0.05) is 19.4 Å². The standard InChI is InChI=1S/C31H60NO8P/c1-3-5-7-9-11-13-14-15-16-18-20-22-24-31(34)40-29(28-39-41(35,36)38-26-25-32)27-37-30(33)23-21-19-17-12-10-8-6-4-2/h11,13,29H,3-10,12,14-28,32H2,1-2H3,(H,35,36)/b13-11+/t29-/m1/s1. The third-order valence-corrected chi connectivity index (χ3v) is 7.64. The summed E-state index contributed by atoms with van der Waals surface area (Å²) in [5, 5.41) is 0. The van der Waals surface area contributed by atoms with Crippen LogP contribution in [-0.4, -0.2) is 49.3 Å². The molecule has 0 aromatic heterocycles. The lowest BCUT2D eigenvalue weighted by Gasteiger charge is -2.19. The predicted octanol–water partition coefficient (Wildman–Crippen LogP) is 7.93. The molecule has 41 heavy (non-hydrogen) atoms. The molecule has 0 aliphatic carbocycles. The van der Waals surface area contributed by atoms with Crippen molar-refractivity contribution in [1.82, 2.24) is 0 Å². The number of unbranched alkanes of at least 4 members (excludes halogenated alkanes) is 15. The number of carbonyl (C=O) groups excluding carboxylic acids is 2. The van der Waals surface area contributed by atoms with Gasteiger partial charge in [-0.1, -0.05) is 103 Å². The van der Waals surface area contributed by atoms with Gasteiger partial charge in [-0.05, 0) is 38.5 Å². The summed E-state index contributed by atoms with van der Waals surface area (Å²) in [4.78, 5) is 34.4. The number of phosphoric ester groups is 1. The first-order valence-electron chi connectivity index (χ1n) is 16.2. The van der Waals surface area contributed by atoms with E-state index < -0.39 is 26.5 Å². The molecule has 0 rings (SSSR count). The van der Waals surface area contributed by atoms with Gasteiger partial charge in [-0.15, -0.1) is 0 Å². The van der Waals surface area contributed by atoms with Crippen molar-refractivity contribution in [2.24, 2.45) is 5.73 Å². The molecule has 0 heterocycles. The minimum Gasteiger partial charge on any atom is -0.462 e. The number of nitrogens with two attached hydrogens (primary N) is 1. The van der Waals surface area contributed by atoms with E-state index in [2.05, 4.69) is 26.0 Å². The largest absolute Gasteiger partial charge is 0.472 e. The molecule has 242 valence electrons. The van der Waals surface area contributed by atoms with Gasteiger partial charge in [-0.3, -0.25) is 18.6 Å². The van der Waals surface area contributed by atoms with E-state index in [1.54, 1.807) is 0 Å². The first-order valence-corrected chi connectivity index (χ1v) is 17.7. The second kappa shape index (κ2) is 28.9. The molecule has 0 aliphatic heterocycles. The zero-order chi connectivity index (χ0) is 30.4. The predicted molar refractivity (Wildman–Crippen MR) is 164 cm³/mol. The topological polar surface area (TPSA) is 134 Å². The number of phosphoric acid groups is 1. The van der Waals surface area contributed by atoms with Gasteiger partial charge in [0.1, 0.15) is 6.61 Å². The molecule has 0 saturated heterocycles. The molecule has 0 aliphatic rings. The molecule has 1 unspecified atom stereocenters. The van der Waals surface area contributed by atoms with Crippen molar-refractivity contribution in [2.75, 3.05) is 26.4 Å². The zero-order valence-electron chi connectivity index (χ0n) is 26.0. The third-order valence-electron chi connectivity index (χ3n) is 6.65. The van der Waals surface area contributed by atoms with Crippen LogP contribution in [0.2, 0.25) is 0 Å². The van der Waals surface area contributed by atoms with Crippen molar-refractivity contribution < 1.29 is 37.6 Å². The van der Waals surface area contributed by atoms with Crippen molar-refractivity contribution in [3.05, 3.63) is 12.2 Å². The van der Waals surface area contributed by atoms with Crippen molar-refractivity contribution >= 4 is 19.8 Å². The molecule has 0 bridgehead atoms. The maximum absolute atomic E-state index is 12.4. The zero-order valence-corrected chi connectivity index (χ0v) is 26.9. The summed E-state index contributed by atoms with van der Waals surface area (Å²) < 4.78 is 32.4. The lowest BCUT2D eigenvalue weighted by Crippen LogP contribution is -2.29. The molecular formula is C31H60NO8P. The Hall–Kier alpha value is -1.25. The molecule has 3 N–H and O–H groups in total. The number of allylic oxidation sites excluding steroid dienone is 2. The minimum absolute atomic E-state index is 0.0540. The maximum atomic E-state index is 12.4. The number of carbonyl (C=O) groups is 2. The van der Waals surface area contributed by atoms with Crippen LogP contribution in [0.4, 0.5) is 0 Å². The van der Waals surface area contributed by atoms with Gasteiger partial charge in [-0.2, -0.15) is 0 Å². The molecule has 0 aromatic rings. The highest BCUT2D eigenvalue weighted by Crippen LogP contribution is 2.43. The minimum atomic E-state index is -4.36. The van der Waals surface area contributed by atoms with E-state index in [0.717, 1.165) is 57.8 Å². The Morgan fingerprint density at radius 3 is 1.78 bits per heavy atom. The van der Waals surface area contributed by atoms with Crippen LogP contribution in [0.15, 0.2) is 12.2 Å². The highest BCUT2D eigenvalue weighted by atomic mass is 31.2. The normalized spacial score (nSPS) is 13.8. The second-order valence-electron chi connectivity index (χ2n) is 10.7. The molecule has 0 saturated carbocycles. The Morgan fingerprint density at radius 1 is 0.707 bits per heavy atom. The van der Waals surface area contributed by atoms with Crippen LogP contribution < -0.4 is 5.73 Å². The monoisotopic (exact) mass is 605 g/mol. The van der Waals surface area contributed by atoms with Crippen LogP contribution in [0.25, 0.3) is 0 Å². The Kier molecular flexibility index (Phi) is 28.0. The Balaban J connectivity index is 4.32. The molecule has 0 radical (unpaired) electrons.